The molecule has 1 saturated heterocycles. The summed E-state index contributed by atoms with van der Waals surface area (Å²) in [6.07, 6.45) is 5.57. The number of hydroxylamine groups is 2. The number of fused-ring (bicyclic) bond motifs is 1. The van der Waals surface area contributed by atoms with E-state index in [2.05, 4.69) is 36.6 Å². The molecule has 5 atom stereocenters. The number of hydrogen-bond acceptors (Lipinski definition) is 5. The highest BCUT2D eigenvalue weighted by molar-refractivity contribution is 5.85. The van der Waals surface area contributed by atoms with E-state index in [4.69, 9.17) is 4.74 Å². The van der Waals surface area contributed by atoms with Crippen LogP contribution in [0.1, 0.15) is 83.3 Å². The Balaban J connectivity index is 1.52. The van der Waals surface area contributed by atoms with Gasteiger partial charge in [0.2, 0.25) is 0 Å². The van der Waals surface area contributed by atoms with Crippen LogP contribution in [0.5, 0.6) is 0 Å². The van der Waals surface area contributed by atoms with Gasteiger partial charge in [0.1, 0.15) is 12.6 Å². The molecule has 2 fully saturated rings. The van der Waals surface area contributed by atoms with E-state index in [1.54, 1.807) is 0 Å². The molecule has 2 unspecified atom stereocenters. The summed E-state index contributed by atoms with van der Waals surface area (Å²) in [6.45, 7) is 8.46. The second kappa shape index (κ2) is 13.0. The zero-order valence-corrected chi connectivity index (χ0v) is 23.9. The van der Waals surface area contributed by atoms with Gasteiger partial charge in [0, 0.05) is 6.54 Å². The first-order valence-electron chi connectivity index (χ1n) is 14.5. The molecular formula is C32H45N3O4. The molecule has 212 valence electrons. The van der Waals surface area contributed by atoms with Gasteiger partial charge in [0.25, 0.3) is 5.91 Å². The number of piperidine rings is 1. The summed E-state index contributed by atoms with van der Waals surface area (Å²) in [5, 5.41) is 13.9. The van der Waals surface area contributed by atoms with Crippen molar-refractivity contribution < 1.29 is 19.5 Å². The van der Waals surface area contributed by atoms with Gasteiger partial charge in [-0.1, -0.05) is 80.4 Å². The molecule has 2 amide bonds. The first kappa shape index (κ1) is 29.1. The Hall–Kier alpha value is -2.90. The van der Waals surface area contributed by atoms with Crippen molar-refractivity contribution in [1.82, 2.24) is 15.5 Å². The van der Waals surface area contributed by atoms with Crippen LogP contribution in [0.4, 0.5) is 4.79 Å². The van der Waals surface area contributed by atoms with E-state index in [0.29, 0.717) is 24.3 Å². The second-order valence-electron chi connectivity index (χ2n) is 12.3. The number of hydrazine groups is 1. The molecule has 2 N–H and O–H groups in total. The molecule has 2 aromatic rings. The molecule has 1 aliphatic heterocycles. The summed E-state index contributed by atoms with van der Waals surface area (Å²) < 4.78 is 5.44. The monoisotopic (exact) mass is 535 g/mol. The minimum atomic E-state index is -0.721. The van der Waals surface area contributed by atoms with E-state index < -0.39 is 17.7 Å². The van der Waals surface area contributed by atoms with Crippen LogP contribution in [0.15, 0.2) is 60.7 Å². The third kappa shape index (κ3) is 7.40. The van der Waals surface area contributed by atoms with Crippen molar-refractivity contribution in [3.8, 4) is 0 Å². The number of benzene rings is 2. The first-order chi connectivity index (χ1) is 18.6. The lowest BCUT2D eigenvalue weighted by Crippen LogP contribution is -2.65. The maximum Gasteiger partial charge on any atom is 0.426 e. The van der Waals surface area contributed by atoms with E-state index in [1.165, 1.54) is 22.1 Å². The van der Waals surface area contributed by atoms with Crippen molar-refractivity contribution in [3.63, 3.8) is 0 Å². The summed E-state index contributed by atoms with van der Waals surface area (Å²) in [7, 11) is 0. The highest BCUT2D eigenvalue weighted by atomic mass is 16.6. The molecule has 1 heterocycles. The molecular weight excluding hydrogens is 490 g/mol. The quantitative estimate of drug-likeness (QED) is 0.394. The van der Waals surface area contributed by atoms with Crippen LogP contribution in [0.3, 0.4) is 0 Å². The summed E-state index contributed by atoms with van der Waals surface area (Å²) >= 11 is 0. The highest BCUT2D eigenvalue weighted by Gasteiger charge is 2.49. The number of nitrogens with one attached hydrogen (secondary N) is 1. The Morgan fingerprint density at radius 3 is 2.36 bits per heavy atom. The van der Waals surface area contributed by atoms with Crippen molar-refractivity contribution in [2.75, 3.05) is 6.54 Å². The van der Waals surface area contributed by atoms with Gasteiger partial charge in [0.05, 0.1) is 5.54 Å². The van der Waals surface area contributed by atoms with Crippen molar-refractivity contribution in [3.05, 3.63) is 71.8 Å². The Morgan fingerprint density at radius 2 is 1.69 bits per heavy atom. The van der Waals surface area contributed by atoms with Gasteiger partial charge in [-0.05, 0) is 81.3 Å². The fraction of sp³-hybridized carbons (Fsp3) is 0.562. The minimum absolute atomic E-state index is 0.000276. The van der Waals surface area contributed by atoms with Gasteiger partial charge in [-0.25, -0.2) is 15.2 Å². The smallest absolute Gasteiger partial charge is 0.426 e. The third-order valence-electron chi connectivity index (χ3n) is 8.53. The maximum atomic E-state index is 14.2. The Kier molecular flexibility index (Phi) is 9.67. The fourth-order valence-corrected chi connectivity index (χ4v) is 6.44. The summed E-state index contributed by atoms with van der Waals surface area (Å²) in [4.78, 5) is 27.0. The molecule has 0 spiro atoms. The molecule has 7 heteroatoms. The number of carbonyl (C=O) groups excluding carboxylic acids is 2. The largest absolute Gasteiger partial charge is 0.443 e. The molecule has 7 nitrogen and oxygen atoms in total. The molecule has 39 heavy (non-hydrogen) atoms. The van der Waals surface area contributed by atoms with Gasteiger partial charge in [-0.2, -0.15) is 5.06 Å². The molecule has 1 saturated carbocycles. The van der Waals surface area contributed by atoms with Crippen molar-refractivity contribution in [1.29, 1.82) is 0 Å². The van der Waals surface area contributed by atoms with Crippen LogP contribution in [-0.2, 0) is 16.1 Å². The average molecular weight is 536 g/mol. The molecule has 4 rings (SSSR count). The van der Waals surface area contributed by atoms with Gasteiger partial charge in [0.15, 0.2) is 0 Å². The molecule has 0 aromatic heterocycles. The highest BCUT2D eigenvalue weighted by Crippen LogP contribution is 2.45. The van der Waals surface area contributed by atoms with Crippen LogP contribution in [-0.4, -0.2) is 45.4 Å². The maximum absolute atomic E-state index is 14.2. The first-order valence-corrected chi connectivity index (χ1v) is 14.5. The lowest BCUT2D eigenvalue weighted by atomic mass is 9.65. The van der Waals surface area contributed by atoms with Crippen molar-refractivity contribution >= 4 is 12.0 Å². The van der Waals surface area contributed by atoms with E-state index in [0.717, 1.165) is 37.7 Å². The summed E-state index contributed by atoms with van der Waals surface area (Å²) in [6, 6.07) is 19.2. The third-order valence-corrected chi connectivity index (χ3v) is 8.53. The zero-order chi connectivity index (χ0) is 28.0. The number of amides is 2. The van der Waals surface area contributed by atoms with Crippen LogP contribution in [0.25, 0.3) is 0 Å². The van der Waals surface area contributed by atoms with E-state index in [9.17, 15) is 14.8 Å². The number of rotatable bonds is 7. The summed E-state index contributed by atoms with van der Waals surface area (Å²) in [5.74, 6) is 0.827. The Bertz CT molecular complexity index is 1070. The summed E-state index contributed by atoms with van der Waals surface area (Å²) in [5.41, 5.74) is 4.15. The van der Waals surface area contributed by atoms with E-state index in [-0.39, 0.29) is 18.4 Å². The van der Waals surface area contributed by atoms with Gasteiger partial charge < -0.3 is 9.94 Å². The fourth-order valence-electron chi connectivity index (χ4n) is 6.44. The Labute approximate surface area is 233 Å². The molecule has 2 aliphatic rings. The van der Waals surface area contributed by atoms with E-state index >= 15 is 0 Å². The molecule has 2 aromatic carbocycles. The normalized spacial score (nSPS) is 24.3. The Morgan fingerprint density at radius 1 is 1.05 bits per heavy atom. The van der Waals surface area contributed by atoms with Gasteiger partial charge in [-0.15, -0.1) is 0 Å². The lowest BCUT2D eigenvalue weighted by molar-refractivity contribution is -0.207. The number of ether oxygens (including phenoxy) is 1. The van der Waals surface area contributed by atoms with Crippen LogP contribution >= 0.6 is 0 Å². The van der Waals surface area contributed by atoms with E-state index in [1.807, 2.05) is 57.2 Å². The standard InChI is InChI=1S/C32H45N3O4/c1-23(25-15-9-6-10-16-25)19-20-28-27-18-12-11-17-26(27)21-34(38)29(28)30(36)35(32(2,3)4)33-31(37)39-22-24-13-7-5-8-14-24/h5-10,13-16,23,26-29,38H,11-12,17-22H2,1-4H3,(H,33,37)/t23?,26-,27+,28?,29+/m1/s1. The van der Waals surface area contributed by atoms with Crippen LogP contribution in [0, 0.1) is 17.8 Å². The molecule has 0 bridgehead atoms. The predicted molar refractivity (Wildman–Crippen MR) is 152 cm³/mol. The number of nitrogens with zero attached hydrogens (tertiary/aromatic N) is 2. The van der Waals surface area contributed by atoms with Crippen molar-refractivity contribution in [2.45, 2.75) is 90.3 Å². The lowest BCUT2D eigenvalue weighted by Gasteiger charge is -2.50. The number of carbonyl (C=O) groups is 2. The topological polar surface area (TPSA) is 82.1 Å². The SMILES string of the molecule is CC(CCC1[C@H]2CCCC[C@@H]2CN(O)[C@@H]1C(=O)N(NC(=O)OCc1ccccc1)C(C)(C)C)c1ccccc1. The average Bonchev–Trinajstić information content (AvgIpc) is 2.93. The predicted octanol–water partition coefficient (Wildman–Crippen LogP) is 6.53. The number of hydrogen-bond donors (Lipinski definition) is 2. The van der Waals surface area contributed by atoms with Gasteiger partial charge in [-0.3, -0.25) is 4.79 Å². The zero-order valence-electron chi connectivity index (χ0n) is 23.9. The van der Waals surface area contributed by atoms with Crippen molar-refractivity contribution in [2.24, 2.45) is 17.8 Å². The van der Waals surface area contributed by atoms with Gasteiger partial charge >= 0.3 is 6.09 Å². The molecule has 0 radical (unpaired) electrons. The minimum Gasteiger partial charge on any atom is -0.443 e. The molecule has 1 aliphatic carbocycles. The second-order valence-corrected chi connectivity index (χ2v) is 12.3. The van der Waals surface area contributed by atoms with Crippen LogP contribution in [0.2, 0.25) is 0 Å². The van der Waals surface area contributed by atoms with Crippen LogP contribution < -0.4 is 5.43 Å².